The summed E-state index contributed by atoms with van der Waals surface area (Å²) in [5.74, 6) is 1.39. The quantitative estimate of drug-likeness (QED) is 0.461. The van der Waals surface area contributed by atoms with Crippen LogP contribution in [0.3, 0.4) is 0 Å². The SMILES string of the molecule is CCOc1ccc(CN(C(=O)c2cc3cc(C)c(N)nc3cn2)[C@H](C)c2ncccn2)nc1. The molecule has 9 nitrogen and oxygen atoms in total. The predicted molar refractivity (Wildman–Crippen MR) is 124 cm³/mol. The van der Waals surface area contributed by atoms with Crippen LogP contribution in [0.5, 0.6) is 5.75 Å². The van der Waals surface area contributed by atoms with E-state index in [-0.39, 0.29) is 12.5 Å². The van der Waals surface area contributed by atoms with E-state index in [1.165, 1.54) is 0 Å². The van der Waals surface area contributed by atoms with E-state index in [2.05, 4.69) is 24.9 Å². The van der Waals surface area contributed by atoms with Gasteiger partial charge in [0, 0.05) is 17.8 Å². The Labute approximate surface area is 191 Å². The van der Waals surface area contributed by atoms with Crippen LogP contribution in [-0.4, -0.2) is 42.3 Å². The summed E-state index contributed by atoms with van der Waals surface area (Å²) in [4.78, 5) is 37.1. The number of fused-ring (bicyclic) bond motifs is 1. The summed E-state index contributed by atoms with van der Waals surface area (Å²) in [6.45, 7) is 6.49. The number of nitrogen functional groups attached to an aromatic ring is 1. The number of rotatable bonds is 7. The molecule has 0 aromatic carbocycles. The lowest BCUT2D eigenvalue weighted by molar-refractivity contribution is 0.0657. The number of hydrogen-bond acceptors (Lipinski definition) is 8. The van der Waals surface area contributed by atoms with Gasteiger partial charge in [0.15, 0.2) is 0 Å². The smallest absolute Gasteiger partial charge is 0.273 e. The van der Waals surface area contributed by atoms with Crippen LogP contribution in [0.4, 0.5) is 5.82 Å². The van der Waals surface area contributed by atoms with Crippen LogP contribution in [-0.2, 0) is 6.54 Å². The maximum absolute atomic E-state index is 13.6. The molecule has 4 aromatic heterocycles. The van der Waals surface area contributed by atoms with Gasteiger partial charge in [0.2, 0.25) is 0 Å². The van der Waals surface area contributed by atoms with E-state index in [1.54, 1.807) is 41.8 Å². The highest BCUT2D eigenvalue weighted by molar-refractivity contribution is 5.96. The molecule has 0 aliphatic carbocycles. The summed E-state index contributed by atoms with van der Waals surface area (Å²) in [5.41, 5.74) is 8.38. The molecule has 1 atom stereocenters. The van der Waals surface area contributed by atoms with Gasteiger partial charge in [-0.25, -0.2) is 19.9 Å². The lowest BCUT2D eigenvalue weighted by Gasteiger charge is -2.28. The van der Waals surface area contributed by atoms with Crippen molar-refractivity contribution in [3.05, 3.63) is 77.9 Å². The van der Waals surface area contributed by atoms with Crippen molar-refractivity contribution >= 4 is 22.6 Å². The highest BCUT2D eigenvalue weighted by Crippen LogP contribution is 2.24. The molecule has 0 bridgehead atoms. The number of nitrogens with two attached hydrogens (primary N) is 1. The normalized spacial score (nSPS) is 11.8. The molecule has 1 amide bonds. The van der Waals surface area contributed by atoms with Crippen LogP contribution in [0.1, 0.15) is 47.5 Å². The Balaban J connectivity index is 1.69. The number of pyridine rings is 3. The molecule has 4 rings (SSSR count). The van der Waals surface area contributed by atoms with Gasteiger partial charge in [-0.05, 0) is 56.7 Å². The zero-order valence-corrected chi connectivity index (χ0v) is 18.8. The van der Waals surface area contributed by atoms with Gasteiger partial charge < -0.3 is 15.4 Å². The average Bonchev–Trinajstić information content (AvgIpc) is 2.84. The third-order valence-corrected chi connectivity index (χ3v) is 5.28. The van der Waals surface area contributed by atoms with Crippen LogP contribution in [0.2, 0.25) is 0 Å². The van der Waals surface area contributed by atoms with E-state index in [1.807, 2.05) is 39.0 Å². The fourth-order valence-corrected chi connectivity index (χ4v) is 3.44. The van der Waals surface area contributed by atoms with E-state index >= 15 is 0 Å². The zero-order chi connectivity index (χ0) is 23.4. The van der Waals surface area contributed by atoms with Crippen molar-refractivity contribution in [2.24, 2.45) is 0 Å². The molecule has 9 heteroatoms. The van der Waals surface area contributed by atoms with E-state index < -0.39 is 6.04 Å². The topological polar surface area (TPSA) is 120 Å². The first-order valence-corrected chi connectivity index (χ1v) is 10.6. The molecule has 0 aliphatic rings. The standard InChI is InChI=1S/C24H25N7O2/c1-4-33-19-7-6-18(28-12-19)14-31(16(3)23-26-8-5-9-27-23)24(32)20-11-17-10-15(2)22(25)30-21(17)13-29-20/h5-13,16H,4,14H2,1-3H3,(H2,25,30)/t16-/m1/s1. The van der Waals surface area contributed by atoms with Gasteiger partial charge in [-0.1, -0.05) is 0 Å². The molecule has 33 heavy (non-hydrogen) atoms. The molecule has 0 unspecified atom stereocenters. The molecular formula is C24H25N7O2. The highest BCUT2D eigenvalue weighted by Gasteiger charge is 2.26. The summed E-state index contributed by atoms with van der Waals surface area (Å²) >= 11 is 0. The molecular weight excluding hydrogens is 418 g/mol. The van der Waals surface area contributed by atoms with Crippen LogP contribution in [0, 0.1) is 6.92 Å². The van der Waals surface area contributed by atoms with Gasteiger partial charge in [0.25, 0.3) is 5.91 Å². The van der Waals surface area contributed by atoms with Crippen molar-refractivity contribution in [2.75, 3.05) is 12.3 Å². The fraction of sp³-hybridized carbons (Fsp3) is 0.250. The van der Waals surface area contributed by atoms with E-state index in [9.17, 15) is 4.79 Å². The van der Waals surface area contributed by atoms with Gasteiger partial charge in [-0.15, -0.1) is 0 Å². The zero-order valence-electron chi connectivity index (χ0n) is 18.8. The predicted octanol–water partition coefficient (Wildman–Crippen LogP) is 3.51. The minimum absolute atomic E-state index is 0.253. The largest absolute Gasteiger partial charge is 0.492 e. The molecule has 4 heterocycles. The minimum Gasteiger partial charge on any atom is -0.492 e. The second kappa shape index (κ2) is 9.56. The second-order valence-electron chi connectivity index (χ2n) is 7.59. The molecule has 0 radical (unpaired) electrons. The maximum Gasteiger partial charge on any atom is 0.273 e. The lowest BCUT2D eigenvalue weighted by Crippen LogP contribution is -2.34. The van der Waals surface area contributed by atoms with Gasteiger partial charge in [0.1, 0.15) is 23.1 Å². The maximum atomic E-state index is 13.6. The summed E-state index contributed by atoms with van der Waals surface area (Å²) in [6.07, 6.45) is 6.53. The van der Waals surface area contributed by atoms with Gasteiger partial charge in [-0.2, -0.15) is 0 Å². The van der Waals surface area contributed by atoms with Gasteiger partial charge in [-0.3, -0.25) is 9.78 Å². The number of anilines is 1. The number of aryl methyl sites for hydroxylation is 1. The summed E-state index contributed by atoms with van der Waals surface area (Å²) in [6, 6.07) is 8.64. The third-order valence-electron chi connectivity index (χ3n) is 5.28. The fourth-order valence-electron chi connectivity index (χ4n) is 3.44. The number of hydrogen-bond donors (Lipinski definition) is 1. The Morgan fingerprint density at radius 2 is 1.91 bits per heavy atom. The van der Waals surface area contributed by atoms with Crippen LogP contribution < -0.4 is 10.5 Å². The first-order chi connectivity index (χ1) is 16.0. The number of carbonyl (C=O) groups is 1. The first-order valence-electron chi connectivity index (χ1n) is 10.6. The van der Waals surface area contributed by atoms with Crippen LogP contribution >= 0.6 is 0 Å². The van der Waals surface area contributed by atoms with Crippen molar-refractivity contribution in [1.29, 1.82) is 0 Å². The number of ether oxygens (including phenoxy) is 1. The molecule has 0 saturated carbocycles. The minimum atomic E-state index is -0.407. The highest BCUT2D eigenvalue weighted by atomic mass is 16.5. The number of carbonyl (C=O) groups excluding carboxylic acids is 1. The molecule has 2 N–H and O–H groups in total. The Hall–Kier alpha value is -4.14. The Bertz CT molecular complexity index is 1260. The number of aromatic nitrogens is 5. The van der Waals surface area contributed by atoms with E-state index in [0.717, 1.165) is 10.9 Å². The van der Waals surface area contributed by atoms with Gasteiger partial charge >= 0.3 is 0 Å². The van der Waals surface area contributed by atoms with Gasteiger partial charge in [0.05, 0.1) is 42.8 Å². The molecule has 0 spiro atoms. The second-order valence-corrected chi connectivity index (χ2v) is 7.59. The average molecular weight is 444 g/mol. The Morgan fingerprint density at radius 1 is 1.12 bits per heavy atom. The van der Waals surface area contributed by atoms with Crippen molar-refractivity contribution in [1.82, 2.24) is 29.8 Å². The van der Waals surface area contributed by atoms with Crippen molar-refractivity contribution in [2.45, 2.75) is 33.4 Å². The number of amides is 1. The lowest BCUT2D eigenvalue weighted by atomic mass is 10.1. The first kappa shape index (κ1) is 22.1. The van der Waals surface area contributed by atoms with Crippen molar-refractivity contribution in [3.63, 3.8) is 0 Å². The van der Waals surface area contributed by atoms with Crippen molar-refractivity contribution < 1.29 is 9.53 Å². The molecule has 168 valence electrons. The monoisotopic (exact) mass is 443 g/mol. The van der Waals surface area contributed by atoms with Crippen LogP contribution in [0.25, 0.3) is 10.9 Å². The molecule has 0 saturated heterocycles. The number of nitrogens with zero attached hydrogens (tertiary/aromatic N) is 6. The van der Waals surface area contributed by atoms with E-state index in [0.29, 0.717) is 40.9 Å². The summed E-state index contributed by atoms with van der Waals surface area (Å²) in [7, 11) is 0. The molecule has 0 aliphatic heterocycles. The Kier molecular flexibility index (Phi) is 6.39. The Morgan fingerprint density at radius 3 is 2.61 bits per heavy atom. The van der Waals surface area contributed by atoms with Crippen LogP contribution in [0.15, 0.2) is 55.1 Å². The third kappa shape index (κ3) is 4.87. The van der Waals surface area contributed by atoms with Crippen molar-refractivity contribution in [3.8, 4) is 5.75 Å². The summed E-state index contributed by atoms with van der Waals surface area (Å²) in [5, 5.41) is 0.794. The van der Waals surface area contributed by atoms with E-state index in [4.69, 9.17) is 10.5 Å². The molecule has 0 fully saturated rings. The summed E-state index contributed by atoms with van der Waals surface area (Å²) < 4.78 is 5.47. The molecule has 4 aromatic rings.